The van der Waals surface area contributed by atoms with Gasteiger partial charge in [-0.15, -0.1) is 0 Å². The molecule has 0 aromatic rings. The van der Waals surface area contributed by atoms with E-state index in [0.29, 0.717) is 23.0 Å². The minimum absolute atomic E-state index is 0.120. The summed E-state index contributed by atoms with van der Waals surface area (Å²) < 4.78 is 0. The Hall–Kier alpha value is -1.09. The zero-order valence-corrected chi connectivity index (χ0v) is 8.43. The van der Waals surface area contributed by atoms with Gasteiger partial charge in [-0.2, -0.15) is 0 Å². The second kappa shape index (κ2) is 3.75. The number of rotatable bonds is 1. The number of hydrogen-bond donors (Lipinski definition) is 0. The van der Waals surface area contributed by atoms with Crippen LogP contribution in [0.3, 0.4) is 0 Å². The van der Waals surface area contributed by atoms with Crippen LogP contribution in [0.5, 0.6) is 0 Å². The third-order valence-corrected chi connectivity index (χ3v) is 2.07. The molecule has 1 amide bonds. The SMILES string of the molecule is C=C1CN(C)C(=O)/C1=N/C(Cl)=C\C. The van der Waals surface area contributed by atoms with Crippen LogP contribution in [0, 0.1) is 0 Å². The molecule has 0 bridgehead atoms. The fourth-order valence-electron chi connectivity index (χ4n) is 1.06. The molecule has 13 heavy (non-hydrogen) atoms. The summed E-state index contributed by atoms with van der Waals surface area (Å²) in [6.45, 7) is 6.04. The number of aliphatic imine (C=N–C) groups is 1. The van der Waals surface area contributed by atoms with Crippen LogP contribution >= 0.6 is 11.6 Å². The number of nitrogens with zero attached hydrogens (tertiary/aromatic N) is 2. The molecule has 0 spiro atoms. The molecule has 0 saturated carbocycles. The Morgan fingerprint density at radius 1 is 1.77 bits per heavy atom. The van der Waals surface area contributed by atoms with Crippen LogP contribution in [-0.2, 0) is 4.79 Å². The van der Waals surface area contributed by atoms with Crippen molar-refractivity contribution in [3.05, 3.63) is 23.4 Å². The molecule has 70 valence electrons. The maximum absolute atomic E-state index is 11.4. The first-order valence-electron chi connectivity index (χ1n) is 3.90. The summed E-state index contributed by atoms with van der Waals surface area (Å²) in [5, 5.41) is 0.319. The lowest BCUT2D eigenvalue weighted by molar-refractivity contribution is -0.121. The van der Waals surface area contributed by atoms with Crippen molar-refractivity contribution in [2.24, 2.45) is 4.99 Å². The molecule has 0 unspecified atom stereocenters. The Kier molecular flexibility index (Phi) is 2.88. The molecule has 0 aromatic heterocycles. The number of hydrogen-bond acceptors (Lipinski definition) is 2. The van der Waals surface area contributed by atoms with Crippen molar-refractivity contribution in [3.8, 4) is 0 Å². The highest BCUT2D eigenvalue weighted by molar-refractivity contribution is 6.48. The summed E-state index contributed by atoms with van der Waals surface area (Å²) in [6, 6.07) is 0. The molecule has 1 saturated heterocycles. The molecule has 1 fully saturated rings. The largest absolute Gasteiger partial charge is 0.336 e. The summed E-state index contributed by atoms with van der Waals surface area (Å²) in [7, 11) is 1.71. The highest BCUT2D eigenvalue weighted by atomic mass is 35.5. The summed E-state index contributed by atoms with van der Waals surface area (Å²) in [5.41, 5.74) is 1.08. The normalized spacial score (nSPS) is 21.9. The van der Waals surface area contributed by atoms with Gasteiger partial charge in [-0.1, -0.05) is 24.3 Å². The molecule has 3 nitrogen and oxygen atoms in total. The van der Waals surface area contributed by atoms with E-state index in [0.717, 1.165) is 0 Å². The molecule has 0 aliphatic carbocycles. The second-order valence-electron chi connectivity index (χ2n) is 2.84. The minimum Gasteiger partial charge on any atom is -0.336 e. The standard InChI is InChI=1S/C9H11ClN2O/c1-4-7(10)11-8-6(2)5-12(3)9(8)13/h4H,2,5H2,1,3H3/b7-4-,11-8+. The first-order chi connectivity index (χ1) is 6.06. The van der Waals surface area contributed by atoms with Gasteiger partial charge in [0.2, 0.25) is 0 Å². The van der Waals surface area contributed by atoms with Crippen LogP contribution in [-0.4, -0.2) is 30.1 Å². The molecule has 1 aliphatic heterocycles. The molecule has 0 aromatic carbocycles. The molecule has 1 rings (SSSR count). The van der Waals surface area contributed by atoms with Gasteiger partial charge in [0.25, 0.3) is 5.91 Å². The maximum atomic E-state index is 11.4. The zero-order valence-electron chi connectivity index (χ0n) is 7.67. The van der Waals surface area contributed by atoms with Crippen LogP contribution in [0.4, 0.5) is 0 Å². The predicted octanol–water partition coefficient (Wildman–Crippen LogP) is 1.56. The quantitative estimate of drug-likeness (QED) is 0.589. The van der Waals surface area contributed by atoms with Crippen molar-refractivity contribution >= 4 is 23.2 Å². The van der Waals surface area contributed by atoms with Crippen LogP contribution in [0.2, 0.25) is 0 Å². The fraction of sp³-hybridized carbons (Fsp3) is 0.333. The first-order valence-corrected chi connectivity index (χ1v) is 4.28. The summed E-state index contributed by atoms with van der Waals surface area (Å²) in [4.78, 5) is 16.9. The van der Waals surface area contributed by atoms with E-state index in [9.17, 15) is 4.79 Å². The fourth-order valence-corrected chi connectivity index (χ4v) is 1.15. The van der Waals surface area contributed by atoms with E-state index in [2.05, 4.69) is 11.6 Å². The zero-order chi connectivity index (χ0) is 10.0. The van der Waals surface area contributed by atoms with Gasteiger partial charge in [0.1, 0.15) is 10.9 Å². The number of halogens is 1. The van der Waals surface area contributed by atoms with E-state index in [4.69, 9.17) is 11.6 Å². The number of amides is 1. The molecule has 0 atom stereocenters. The smallest absolute Gasteiger partial charge is 0.272 e. The molecule has 4 heteroatoms. The number of likely N-dealkylation sites (tertiary alicyclic amines) is 1. The van der Waals surface area contributed by atoms with Crippen LogP contribution in [0.1, 0.15) is 6.92 Å². The Morgan fingerprint density at radius 3 is 2.77 bits per heavy atom. The molecular weight excluding hydrogens is 188 g/mol. The van der Waals surface area contributed by atoms with Gasteiger partial charge < -0.3 is 4.90 Å². The second-order valence-corrected chi connectivity index (χ2v) is 3.22. The van der Waals surface area contributed by atoms with Gasteiger partial charge in [0, 0.05) is 13.6 Å². The third-order valence-electron chi connectivity index (χ3n) is 1.77. The molecule has 0 radical (unpaired) electrons. The van der Waals surface area contributed by atoms with E-state index in [1.165, 1.54) is 0 Å². The van der Waals surface area contributed by atoms with E-state index >= 15 is 0 Å². The van der Waals surface area contributed by atoms with Gasteiger partial charge in [-0.05, 0) is 12.5 Å². The summed E-state index contributed by atoms with van der Waals surface area (Å²) in [5.74, 6) is -0.120. The molecule has 0 N–H and O–H groups in total. The van der Waals surface area contributed by atoms with Crippen molar-refractivity contribution in [3.63, 3.8) is 0 Å². The van der Waals surface area contributed by atoms with E-state index in [1.54, 1.807) is 24.9 Å². The van der Waals surface area contributed by atoms with Gasteiger partial charge in [-0.25, -0.2) is 4.99 Å². The lowest BCUT2D eigenvalue weighted by Crippen LogP contribution is -2.22. The Labute approximate surface area is 82.4 Å². The predicted molar refractivity (Wildman–Crippen MR) is 53.8 cm³/mol. The van der Waals surface area contributed by atoms with E-state index in [1.807, 2.05) is 0 Å². The van der Waals surface area contributed by atoms with Crippen molar-refractivity contribution in [2.45, 2.75) is 6.92 Å². The minimum atomic E-state index is -0.120. The highest BCUT2D eigenvalue weighted by Crippen LogP contribution is 2.14. The maximum Gasteiger partial charge on any atom is 0.272 e. The lowest BCUT2D eigenvalue weighted by atomic mass is 10.2. The van der Waals surface area contributed by atoms with Crippen LogP contribution < -0.4 is 0 Å². The average molecular weight is 199 g/mol. The third kappa shape index (κ3) is 1.98. The lowest BCUT2D eigenvalue weighted by Gasteiger charge is -2.02. The van der Waals surface area contributed by atoms with Crippen LogP contribution in [0.15, 0.2) is 28.4 Å². The monoisotopic (exact) mass is 198 g/mol. The Balaban J connectivity index is 2.99. The average Bonchev–Trinajstić information content (AvgIpc) is 2.32. The van der Waals surface area contributed by atoms with E-state index in [-0.39, 0.29) is 5.91 Å². The van der Waals surface area contributed by atoms with Crippen molar-refractivity contribution < 1.29 is 4.79 Å². The van der Waals surface area contributed by atoms with Gasteiger partial charge >= 0.3 is 0 Å². The van der Waals surface area contributed by atoms with E-state index < -0.39 is 0 Å². The summed E-state index contributed by atoms with van der Waals surface area (Å²) in [6.07, 6.45) is 1.63. The van der Waals surface area contributed by atoms with Gasteiger partial charge in [-0.3, -0.25) is 4.79 Å². The first kappa shape index (κ1) is 9.99. The topological polar surface area (TPSA) is 32.7 Å². The number of carbonyl (C=O) groups is 1. The molecule has 1 heterocycles. The van der Waals surface area contributed by atoms with Crippen molar-refractivity contribution in [2.75, 3.05) is 13.6 Å². The summed E-state index contributed by atoms with van der Waals surface area (Å²) >= 11 is 5.69. The Morgan fingerprint density at radius 2 is 2.38 bits per heavy atom. The number of allylic oxidation sites excluding steroid dienone is 1. The number of carbonyl (C=O) groups excluding carboxylic acids is 1. The van der Waals surface area contributed by atoms with Crippen molar-refractivity contribution in [1.82, 2.24) is 4.90 Å². The molecular formula is C9H11ClN2O. The van der Waals surface area contributed by atoms with Gasteiger partial charge in [0.05, 0.1) is 0 Å². The highest BCUT2D eigenvalue weighted by Gasteiger charge is 2.27. The Bertz CT molecular complexity index is 318. The van der Waals surface area contributed by atoms with Gasteiger partial charge in [0.15, 0.2) is 0 Å². The molecule has 1 aliphatic rings. The number of likely N-dealkylation sites (N-methyl/N-ethyl adjacent to an activating group) is 1. The van der Waals surface area contributed by atoms with Crippen molar-refractivity contribution in [1.29, 1.82) is 0 Å². The van der Waals surface area contributed by atoms with Crippen LogP contribution in [0.25, 0.3) is 0 Å².